The molecule has 2 aliphatic rings. The van der Waals surface area contributed by atoms with Gasteiger partial charge in [-0.2, -0.15) is 0 Å². The highest BCUT2D eigenvalue weighted by Crippen LogP contribution is 2.29. The summed E-state index contributed by atoms with van der Waals surface area (Å²) < 4.78 is 0. The summed E-state index contributed by atoms with van der Waals surface area (Å²) in [5.74, 6) is 1.17. The van der Waals surface area contributed by atoms with E-state index in [1.54, 1.807) is 0 Å². The summed E-state index contributed by atoms with van der Waals surface area (Å²) in [5, 5.41) is 0. The Morgan fingerprint density at radius 1 is 1.23 bits per heavy atom. The predicted molar refractivity (Wildman–Crippen MR) is 89.0 cm³/mol. The van der Waals surface area contributed by atoms with Gasteiger partial charge in [-0.15, -0.1) is 0 Å². The topological polar surface area (TPSA) is 36.4 Å². The van der Waals surface area contributed by atoms with E-state index in [-0.39, 0.29) is 0 Å². The molecular formula is C18H27N3O. The van der Waals surface area contributed by atoms with Crippen LogP contribution in [-0.4, -0.2) is 42.0 Å². The summed E-state index contributed by atoms with van der Waals surface area (Å²) in [5.41, 5.74) is 2.47. The summed E-state index contributed by atoms with van der Waals surface area (Å²) >= 11 is 0. The van der Waals surface area contributed by atoms with Gasteiger partial charge in [0.15, 0.2) is 0 Å². The normalized spacial score (nSPS) is 19.7. The number of nitrogens with zero attached hydrogens (tertiary/aromatic N) is 3. The molecule has 4 heteroatoms. The Morgan fingerprint density at radius 3 is 2.64 bits per heavy atom. The van der Waals surface area contributed by atoms with Gasteiger partial charge < -0.3 is 9.80 Å². The molecule has 0 bridgehead atoms. The van der Waals surface area contributed by atoms with Crippen LogP contribution in [0.2, 0.25) is 0 Å². The lowest BCUT2D eigenvalue weighted by Gasteiger charge is -2.36. The van der Waals surface area contributed by atoms with E-state index in [0.29, 0.717) is 5.91 Å². The van der Waals surface area contributed by atoms with Crippen molar-refractivity contribution < 1.29 is 4.79 Å². The van der Waals surface area contributed by atoms with Crippen LogP contribution in [0.15, 0.2) is 18.5 Å². The lowest BCUT2D eigenvalue weighted by Crippen LogP contribution is -2.49. The van der Waals surface area contributed by atoms with Crippen LogP contribution in [-0.2, 0) is 4.79 Å². The molecule has 1 aliphatic carbocycles. The first kappa shape index (κ1) is 15.3. The van der Waals surface area contributed by atoms with E-state index < -0.39 is 0 Å². The van der Waals surface area contributed by atoms with Crippen molar-refractivity contribution in [1.29, 1.82) is 0 Å². The van der Waals surface area contributed by atoms with E-state index in [0.717, 1.165) is 44.9 Å². The molecule has 3 rings (SSSR count). The predicted octanol–water partition coefficient (Wildman–Crippen LogP) is 3.01. The molecule has 120 valence electrons. The maximum absolute atomic E-state index is 12.4. The molecule has 1 aromatic rings. The number of hydrogen-bond donors (Lipinski definition) is 0. The highest BCUT2D eigenvalue weighted by molar-refractivity contribution is 5.76. The van der Waals surface area contributed by atoms with E-state index in [4.69, 9.17) is 0 Å². The van der Waals surface area contributed by atoms with Crippen molar-refractivity contribution in [3.63, 3.8) is 0 Å². The summed E-state index contributed by atoms with van der Waals surface area (Å²) in [6, 6.07) is 2.08. The summed E-state index contributed by atoms with van der Waals surface area (Å²) in [4.78, 5) is 20.9. The zero-order valence-corrected chi connectivity index (χ0v) is 13.6. The van der Waals surface area contributed by atoms with Gasteiger partial charge in [0, 0.05) is 50.7 Å². The highest BCUT2D eigenvalue weighted by Gasteiger charge is 2.23. The molecule has 0 spiro atoms. The van der Waals surface area contributed by atoms with Crippen LogP contribution in [0.4, 0.5) is 5.69 Å². The smallest absolute Gasteiger partial charge is 0.222 e. The Morgan fingerprint density at radius 2 is 1.95 bits per heavy atom. The van der Waals surface area contributed by atoms with Crippen LogP contribution in [0.3, 0.4) is 0 Å². The van der Waals surface area contributed by atoms with Crippen LogP contribution in [0.25, 0.3) is 0 Å². The third-order valence-corrected chi connectivity index (χ3v) is 5.20. The second kappa shape index (κ2) is 7.12. The number of amides is 1. The molecule has 0 unspecified atom stereocenters. The molecule has 0 aromatic carbocycles. The van der Waals surface area contributed by atoms with Gasteiger partial charge in [-0.3, -0.25) is 9.78 Å². The monoisotopic (exact) mass is 301 g/mol. The van der Waals surface area contributed by atoms with E-state index in [2.05, 4.69) is 27.8 Å². The standard InChI is InChI=1S/C18H27N3O/c1-15-14-19-9-8-17(15)20-10-12-21(13-11-20)18(22)7-6-16-4-2-3-5-16/h8-9,14,16H,2-7,10-13H2,1H3. The average molecular weight is 301 g/mol. The van der Waals surface area contributed by atoms with Gasteiger partial charge >= 0.3 is 0 Å². The fourth-order valence-electron chi connectivity index (χ4n) is 3.80. The maximum Gasteiger partial charge on any atom is 0.222 e. The van der Waals surface area contributed by atoms with Crippen molar-refractivity contribution in [1.82, 2.24) is 9.88 Å². The third-order valence-electron chi connectivity index (χ3n) is 5.20. The lowest BCUT2D eigenvalue weighted by molar-refractivity contribution is -0.131. The molecule has 1 amide bonds. The largest absolute Gasteiger partial charge is 0.368 e. The molecule has 0 atom stereocenters. The van der Waals surface area contributed by atoms with E-state index in [1.165, 1.54) is 36.9 Å². The molecule has 1 saturated carbocycles. The number of aryl methyl sites for hydroxylation is 1. The Balaban J connectivity index is 1.46. The number of carbonyl (C=O) groups excluding carboxylic acids is 1. The Labute approximate surface area is 133 Å². The molecule has 22 heavy (non-hydrogen) atoms. The number of rotatable bonds is 4. The quantitative estimate of drug-likeness (QED) is 0.858. The van der Waals surface area contributed by atoms with Crippen molar-refractivity contribution in [2.75, 3.05) is 31.1 Å². The molecule has 4 nitrogen and oxygen atoms in total. The van der Waals surface area contributed by atoms with Gasteiger partial charge in [-0.05, 0) is 30.9 Å². The lowest BCUT2D eigenvalue weighted by atomic mass is 10.0. The van der Waals surface area contributed by atoms with Crippen LogP contribution in [0.5, 0.6) is 0 Å². The van der Waals surface area contributed by atoms with Crippen molar-refractivity contribution in [3.8, 4) is 0 Å². The van der Waals surface area contributed by atoms with E-state index in [9.17, 15) is 4.79 Å². The minimum Gasteiger partial charge on any atom is -0.368 e. The molecule has 1 aromatic heterocycles. The average Bonchev–Trinajstić information content (AvgIpc) is 3.07. The number of hydrogen-bond acceptors (Lipinski definition) is 3. The van der Waals surface area contributed by atoms with Gasteiger partial charge in [-0.1, -0.05) is 25.7 Å². The molecule has 2 heterocycles. The van der Waals surface area contributed by atoms with Crippen molar-refractivity contribution in [2.45, 2.75) is 45.4 Å². The minimum atomic E-state index is 0.359. The van der Waals surface area contributed by atoms with Crippen LogP contribution < -0.4 is 4.90 Å². The van der Waals surface area contributed by atoms with Crippen molar-refractivity contribution in [3.05, 3.63) is 24.0 Å². The van der Waals surface area contributed by atoms with Crippen molar-refractivity contribution >= 4 is 11.6 Å². The third kappa shape index (κ3) is 3.60. The number of carbonyl (C=O) groups is 1. The zero-order valence-electron chi connectivity index (χ0n) is 13.6. The summed E-state index contributed by atoms with van der Waals surface area (Å²) in [7, 11) is 0. The van der Waals surface area contributed by atoms with E-state index >= 15 is 0 Å². The number of anilines is 1. The molecule has 1 saturated heterocycles. The first-order valence-electron chi connectivity index (χ1n) is 8.67. The van der Waals surface area contributed by atoms with Gasteiger partial charge in [0.2, 0.25) is 5.91 Å². The van der Waals surface area contributed by atoms with Gasteiger partial charge in [0.25, 0.3) is 0 Å². The first-order valence-corrected chi connectivity index (χ1v) is 8.67. The Bertz CT molecular complexity index is 503. The summed E-state index contributed by atoms with van der Waals surface area (Å²) in [6.45, 7) is 5.66. The zero-order chi connectivity index (χ0) is 15.4. The second-order valence-electron chi connectivity index (χ2n) is 6.72. The maximum atomic E-state index is 12.4. The molecule has 0 radical (unpaired) electrons. The highest BCUT2D eigenvalue weighted by atomic mass is 16.2. The van der Waals surface area contributed by atoms with E-state index in [1.807, 2.05) is 12.4 Å². The molecule has 0 N–H and O–H groups in total. The number of pyridine rings is 1. The van der Waals surface area contributed by atoms with Crippen LogP contribution in [0, 0.1) is 12.8 Å². The molecule has 1 aliphatic heterocycles. The van der Waals surface area contributed by atoms with Crippen LogP contribution >= 0.6 is 0 Å². The Hall–Kier alpha value is -1.58. The van der Waals surface area contributed by atoms with Gasteiger partial charge in [0.05, 0.1) is 0 Å². The number of piperazine rings is 1. The molecular weight excluding hydrogens is 274 g/mol. The summed E-state index contributed by atoms with van der Waals surface area (Å²) in [6.07, 6.45) is 11.0. The second-order valence-corrected chi connectivity index (χ2v) is 6.72. The van der Waals surface area contributed by atoms with Crippen LogP contribution in [0.1, 0.15) is 44.1 Å². The van der Waals surface area contributed by atoms with Crippen molar-refractivity contribution in [2.24, 2.45) is 5.92 Å². The fraction of sp³-hybridized carbons (Fsp3) is 0.667. The fourth-order valence-corrected chi connectivity index (χ4v) is 3.80. The van der Waals surface area contributed by atoms with Gasteiger partial charge in [0.1, 0.15) is 0 Å². The molecule has 2 fully saturated rings. The Kier molecular flexibility index (Phi) is 4.96. The minimum absolute atomic E-state index is 0.359. The van der Waals surface area contributed by atoms with Gasteiger partial charge in [-0.25, -0.2) is 0 Å². The first-order chi connectivity index (χ1) is 10.7. The number of aromatic nitrogens is 1. The SMILES string of the molecule is Cc1cnccc1N1CCN(C(=O)CCC2CCCC2)CC1.